The maximum absolute atomic E-state index is 11.7. The zero-order valence-corrected chi connectivity index (χ0v) is 5.16. The summed E-state index contributed by atoms with van der Waals surface area (Å²) in [4.78, 5) is 0. The Bertz CT molecular complexity index is 41.8. The summed E-state index contributed by atoms with van der Waals surface area (Å²) in [6.07, 6.45) is 1.13. The molecule has 0 saturated carbocycles. The quantitative estimate of drug-likeness (QED) is 0.537. The van der Waals surface area contributed by atoms with Gasteiger partial charge >= 0.3 is 0 Å². The van der Waals surface area contributed by atoms with Crippen LogP contribution in [0.4, 0.5) is 8.78 Å². The van der Waals surface area contributed by atoms with E-state index in [9.17, 15) is 8.78 Å². The molecule has 0 aliphatic carbocycles. The van der Waals surface area contributed by atoms with Crippen LogP contribution in [0.5, 0.6) is 0 Å². The minimum atomic E-state index is -0.386. The average Bonchev–Trinajstić information content (AvgIpc) is 1.83. The zero-order chi connectivity index (χ0) is 6.41. The fourth-order valence-corrected chi connectivity index (χ4v) is 0.545. The standard InChI is InChI=1S/C6H12F2/c1-2-6(5-8)3-4-7/h6H,2-5H2,1H3. The second-order valence-electron chi connectivity index (χ2n) is 1.91. The molecule has 0 aromatic heterocycles. The Morgan fingerprint density at radius 2 is 2.00 bits per heavy atom. The number of alkyl halides is 2. The van der Waals surface area contributed by atoms with Gasteiger partial charge in [-0.1, -0.05) is 13.3 Å². The fourth-order valence-electron chi connectivity index (χ4n) is 0.545. The minimum absolute atomic E-state index is 0.0417. The Kier molecular flexibility index (Phi) is 4.92. The number of rotatable bonds is 4. The molecule has 0 aliphatic heterocycles. The molecule has 8 heavy (non-hydrogen) atoms. The first-order chi connectivity index (χ1) is 3.85. The molecule has 0 N–H and O–H groups in total. The summed E-state index contributed by atoms with van der Waals surface area (Å²) in [6, 6.07) is 0. The summed E-state index contributed by atoms with van der Waals surface area (Å²) in [5.74, 6) is -0.0417. The monoisotopic (exact) mass is 122 g/mol. The Balaban J connectivity index is 3.07. The topological polar surface area (TPSA) is 0 Å². The van der Waals surface area contributed by atoms with E-state index in [1.54, 1.807) is 0 Å². The third kappa shape index (κ3) is 2.94. The van der Waals surface area contributed by atoms with Crippen molar-refractivity contribution in [2.45, 2.75) is 19.8 Å². The molecule has 0 rings (SSSR count). The van der Waals surface area contributed by atoms with Crippen LogP contribution < -0.4 is 0 Å². The molecule has 2 heteroatoms. The molecule has 0 aromatic carbocycles. The van der Waals surface area contributed by atoms with Crippen LogP contribution in [0.2, 0.25) is 0 Å². The summed E-state index contributed by atoms with van der Waals surface area (Å²) in [7, 11) is 0. The molecule has 0 aliphatic rings. The predicted molar refractivity (Wildman–Crippen MR) is 30.3 cm³/mol. The molecule has 0 bridgehead atoms. The van der Waals surface area contributed by atoms with Gasteiger partial charge in [-0.3, -0.25) is 8.78 Å². The molecule has 0 nitrogen and oxygen atoms in total. The molecule has 0 aromatic rings. The van der Waals surface area contributed by atoms with Gasteiger partial charge in [0.05, 0.1) is 13.3 Å². The van der Waals surface area contributed by atoms with Gasteiger partial charge in [-0.05, 0) is 12.3 Å². The van der Waals surface area contributed by atoms with Crippen molar-refractivity contribution in [1.29, 1.82) is 0 Å². The van der Waals surface area contributed by atoms with Crippen LogP contribution in [0.1, 0.15) is 19.8 Å². The number of hydrogen-bond acceptors (Lipinski definition) is 0. The molecule has 50 valence electrons. The normalized spacial score (nSPS) is 13.9. The van der Waals surface area contributed by atoms with Crippen LogP contribution in [0.3, 0.4) is 0 Å². The third-order valence-electron chi connectivity index (χ3n) is 1.31. The highest BCUT2D eigenvalue weighted by atomic mass is 19.1. The van der Waals surface area contributed by atoms with Crippen LogP contribution in [-0.4, -0.2) is 13.3 Å². The van der Waals surface area contributed by atoms with Gasteiger partial charge in [0.25, 0.3) is 0 Å². The van der Waals surface area contributed by atoms with Crippen molar-refractivity contribution in [3.63, 3.8) is 0 Å². The van der Waals surface area contributed by atoms with Crippen molar-refractivity contribution in [3.05, 3.63) is 0 Å². The van der Waals surface area contributed by atoms with Gasteiger partial charge in [0, 0.05) is 0 Å². The van der Waals surface area contributed by atoms with Gasteiger partial charge < -0.3 is 0 Å². The SMILES string of the molecule is CCC(CF)CCF. The molecule has 0 fully saturated rings. The summed E-state index contributed by atoms with van der Waals surface area (Å²) >= 11 is 0. The Labute approximate surface area is 48.9 Å². The Morgan fingerprint density at radius 1 is 1.38 bits per heavy atom. The zero-order valence-electron chi connectivity index (χ0n) is 5.16. The summed E-state index contributed by atoms with van der Waals surface area (Å²) in [6.45, 7) is 1.11. The third-order valence-corrected chi connectivity index (χ3v) is 1.31. The summed E-state index contributed by atoms with van der Waals surface area (Å²) in [5.41, 5.74) is 0. The molecular formula is C6H12F2. The molecule has 0 saturated heterocycles. The van der Waals surface area contributed by atoms with Crippen LogP contribution in [-0.2, 0) is 0 Å². The van der Waals surface area contributed by atoms with Gasteiger partial charge in [0.15, 0.2) is 0 Å². The highest BCUT2D eigenvalue weighted by Crippen LogP contribution is 2.07. The van der Waals surface area contributed by atoms with Crippen molar-refractivity contribution < 1.29 is 8.78 Å². The van der Waals surface area contributed by atoms with E-state index < -0.39 is 0 Å². The van der Waals surface area contributed by atoms with E-state index in [-0.39, 0.29) is 19.3 Å². The van der Waals surface area contributed by atoms with Crippen molar-refractivity contribution in [1.82, 2.24) is 0 Å². The number of halogens is 2. The van der Waals surface area contributed by atoms with E-state index in [0.29, 0.717) is 6.42 Å². The van der Waals surface area contributed by atoms with Crippen molar-refractivity contribution in [3.8, 4) is 0 Å². The van der Waals surface area contributed by atoms with E-state index >= 15 is 0 Å². The van der Waals surface area contributed by atoms with E-state index in [4.69, 9.17) is 0 Å². The smallest absolute Gasteiger partial charge is 0.0923 e. The van der Waals surface area contributed by atoms with Crippen LogP contribution >= 0.6 is 0 Å². The maximum Gasteiger partial charge on any atom is 0.0923 e. The lowest BCUT2D eigenvalue weighted by atomic mass is 10.1. The Morgan fingerprint density at radius 3 is 2.12 bits per heavy atom. The molecule has 0 amide bonds. The van der Waals surface area contributed by atoms with Crippen LogP contribution in [0, 0.1) is 5.92 Å². The first kappa shape index (κ1) is 7.86. The highest BCUT2D eigenvalue weighted by molar-refractivity contribution is 4.52. The predicted octanol–water partition coefficient (Wildman–Crippen LogP) is 2.34. The summed E-state index contributed by atoms with van der Waals surface area (Å²) in [5, 5.41) is 0. The Hall–Kier alpha value is -0.140. The van der Waals surface area contributed by atoms with Crippen molar-refractivity contribution >= 4 is 0 Å². The first-order valence-electron chi connectivity index (χ1n) is 2.97. The number of hydrogen-bond donors (Lipinski definition) is 0. The lowest BCUT2D eigenvalue weighted by Gasteiger charge is -2.04. The van der Waals surface area contributed by atoms with E-state index in [2.05, 4.69) is 0 Å². The molecule has 0 spiro atoms. The average molecular weight is 122 g/mol. The maximum atomic E-state index is 11.7. The fraction of sp³-hybridized carbons (Fsp3) is 1.00. The van der Waals surface area contributed by atoms with E-state index in [1.807, 2.05) is 6.92 Å². The molecular weight excluding hydrogens is 110 g/mol. The van der Waals surface area contributed by atoms with Crippen LogP contribution in [0.15, 0.2) is 0 Å². The van der Waals surface area contributed by atoms with E-state index in [0.717, 1.165) is 6.42 Å². The van der Waals surface area contributed by atoms with Gasteiger partial charge in [0.1, 0.15) is 0 Å². The van der Waals surface area contributed by atoms with Crippen LogP contribution in [0.25, 0.3) is 0 Å². The highest BCUT2D eigenvalue weighted by Gasteiger charge is 2.02. The van der Waals surface area contributed by atoms with E-state index in [1.165, 1.54) is 0 Å². The largest absolute Gasteiger partial charge is 0.251 e. The summed E-state index contributed by atoms with van der Waals surface area (Å²) < 4.78 is 23.1. The second kappa shape index (κ2) is 5.01. The molecule has 1 atom stereocenters. The van der Waals surface area contributed by atoms with Crippen molar-refractivity contribution in [2.75, 3.05) is 13.3 Å². The van der Waals surface area contributed by atoms with Gasteiger partial charge in [-0.2, -0.15) is 0 Å². The van der Waals surface area contributed by atoms with Crippen molar-refractivity contribution in [2.24, 2.45) is 5.92 Å². The first-order valence-corrected chi connectivity index (χ1v) is 2.97. The van der Waals surface area contributed by atoms with Gasteiger partial charge in [-0.25, -0.2) is 0 Å². The van der Waals surface area contributed by atoms with Gasteiger partial charge in [0.2, 0.25) is 0 Å². The minimum Gasteiger partial charge on any atom is -0.251 e. The molecule has 1 unspecified atom stereocenters. The second-order valence-corrected chi connectivity index (χ2v) is 1.91. The van der Waals surface area contributed by atoms with Gasteiger partial charge in [-0.15, -0.1) is 0 Å². The molecule has 0 heterocycles. The lowest BCUT2D eigenvalue weighted by Crippen LogP contribution is -2.01. The lowest BCUT2D eigenvalue weighted by molar-refractivity contribution is 0.304. The molecule has 0 radical (unpaired) electrons.